The van der Waals surface area contributed by atoms with Crippen molar-refractivity contribution in [1.82, 2.24) is 35.8 Å². The van der Waals surface area contributed by atoms with Crippen LogP contribution in [0.3, 0.4) is 0 Å². The molecule has 3 N–H and O–H groups in total. The number of hydrogen-bond donors (Lipinski definition) is 3. The molecule has 4 fully saturated rings. The molecule has 2 heterocycles. The van der Waals surface area contributed by atoms with E-state index in [9.17, 15) is 19.2 Å². The zero-order valence-electron chi connectivity index (χ0n) is 28.8. The predicted molar refractivity (Wildman–Crippen MR) is 176 cm³/mol. The van der Waals surface area contributed by atoms with Crippen LogP contribution in [0.2, 0.25) is 0 Å². The fourth-order valence-corrected chi connectivity index (χ4v) is 6.89. The van der Waals surface area contributed by atoms with E-state index < -0.39 is 41.7 Å². The molecule has 0 bridgehead atoms. The van der Waals surface area contributed by atoms with E-state index in [4.69, 9.17) is 9.47 Å². The average Bonchev–Trinajstić information content (AvgIpc) is 3.96. The highest BCUT2D eigenvalue weighted by Crippen LogP contribution is 2.51. The number of aromatic nitrogens is 2. The van der Waals surface area contributed by atoms with Crippen molar-refractivity contribution in [3.63, 3.8) is 0 Å². The number of carbonyl (C=O) groups is 4. The molecular weight excluding hydrogens is 635 g/mol. The topological polar surface area (TPSA) is 162 Å². The van der Waals surface area contributed by atoms with Crippen molar-refractivity contribution in [1.29, 1.82) is 0 Å². The Bertz CT molecular complexity index is 1550. The summed E-state index contributed by atoms with van der Waals surface area (Å²) in [5.41, 5.74) is 1.01. The first-order valence-corrected chi connectivity index (χ1v) is 17.3. The van der Waals surface area contributed by atoms with Crippen molar-refractivity contribution in [3.8, 4) is 0 Å². The lowest BCUT2D eigenvalue weighted by atomic mass is 9.88. The van der Waals surface area contributed by atoms with Crippen LogP contribution in [0.25, 0.3) is 0 Å². The Balaban J connectivity index is 1.20. The first-order valence-electron chi connectivity index (χ1n) is 17.3. The van der Waals surface area contributed by atoms with E-state index in [1.807, 2.05) is 14.0 Å². The molecule has 14 nitrogen and oxygen atoms in total. The second-order valence-electron chi connectivity index (χ2n) is 14.2. The quantitative estimate of drug-likeness (QED) is 0.270. The Morgan fingerprint density at radius 3 is 2.31 bits per heavy atom. The van der Waals surface area contributed by atoms with Gasteiger partial charge in [-0.3, -0.25) is 19.2 Å². The highest BCUT2D eigenvalue weighted by atomic mass is 19.1. The predicted octanol–water partition coefficient (Wildman–Crippen LogP) is 3.10. The number of benzene rings is 1. The number of nitrogens with one attached hydrogen (secondary N) is 3. The molecule has 3 saturated carbocycles. The Morgan fingerprint density at radius 2 is 1.71 bits per heavy atom. The van der Waals surface area contributed by atoms with Gasteiger partial charge in [-0.25, -0.2) is 18.9 Å². The first kappa shape index (κ1) is 34.7. The van der Waals surface area contributed by atoms with Crippen LogP contribution in [0, 0.1) is 23.6 Å². The van der Waals surface area contributed by atoms with Crippen LogP contribution in [0.4, 0.5) is 14.9 Å². The zero-order valence-corrected chi connectivity index (χ0v) is 28.8. The summed E-state index contributed by atoms with van der Waals surface area (Å²) in [7, 11) is 4.77. The molecule has 4 aliphatic rings. The van der Waals surface area contributed by atoms with E-state index in [2.05, 4.69) is 31.2 Å². The van der Waals surface area contributed by atoms with E-state index in [-0.39, 0.29) is 35.2 Å². The summed E-state index contributed by atoms with van der Waals surface area (Å²) in [6, 6.07) is 1.98. The van der Waals surface area contributed by atoms with E-state index in [0.717, 1.165) is 43.6 Å². The third-order valence-corrected chi connectivity index (χ3v) is 10.6. The van der Waals surface area contributed by atoms with E-state index in [1.165, 1.54) is 26.3 Å². The van der Waals surface area contributed by atoms with Crippen LogP contribution in [0.1, 0.15) is 86.0 Å². The molecule has 1 aromatic heterocycles. The number of rotatable bonds is 13. The van der Waals surface area contributed by atoms with Crippen molar-refractivity contribution in [2.45, 2.75) is 82.3 Å². The van der Waals surface area contributed by atoms with Gasteiger partial charge in [-0.15, -0.1) is 0 Å². The third-order valence-electron chi connectivity index (χ3n) is 10.6. The molecule has 4 atom stereocenters. The van der Waals surface area contributed by atoms with Gasteiger partial charge < -0.3 is 25.8 Å². The van der Waals surface area contributed by atoms with Gasteiger partial charge >= 0.3 is 6.03 Å². The first-order chi connectivity index (χ1) is 23.5. The standard InChI is InChI=1S/C34H47FN8O6/c1-18-17-43(15-14-41(18)3)33(46)27(38-34(47)42(4)48-5)19(2)23-12-13-25(24(35)16-23)36-31(44)29(26(20-6-7-20)21-8-9-21)37-32(45)30-28(22-10-11-22)39-49-40-30/h12-13,16,18-22,26-27,29H,6-11,14-15,17H2,1-5H3,(H,36,44)(H,37,45)(H,38,47)/t18-,19+,27-,29+/m1/s1. The van der Waals surface area contributed by atoms with Gasteiger partial charge in [0.1, 0.15) is 23.6 Å². The van der Waals surface area contributed by atoms with E-state index in [1.54, 1.807) is 17.9 Å². The largest absolute Gasteiger partial charge is 0.341 e. The average molecular weight is 683 g/mol. The number of urea groups is 1. The lowest BCUT2D eigenvalue weighted by Gasteiger charge is -2.40. The van der Waals surface area contributed by atoms with E-state index >= 15 is 4.39 Å². The summed E-state index contributed by atoms with van der Waals surface area (Å²) in [6.45, 7) is 5.45. The summed E-state index contributed by atoms with van der Waals surface area (Å²) in [6.07, 6.45) is 5.71. The Labute approximate surface area is 285 Å². The molecule has 5 amide bonds. The monoisotopic (exact) mass is 682 g/mol. The zero-order chi connectivity index (χ0) is 35.0. The smallest absolute Gasteiger partial charge is 0.338 e. The number of nitrogens with zero attached hydrogens (tertiary/aromatic N) is 5. The number of carbonyl (C=O) groups excluding carboxylic acids is 4. The van der Waals surface area contributed by atoms with Crippen LogP contribution in [-0.2, 0) is 14.4 Å². The molecule has 1 saturated heterocycles. The molecule has 266 valence electrons. The number of likely N-dealkylation sites (N-methyl/N-ethyl adjacent to an activating group) is 1. The van der Waals surface area contributed by atoms with Gasteiger partial charge in [-0.05, 0) is 93.1 Å². The highest BCUT2D eigenvalue weighted by molar-refractivity contribution is 6.01. The molecule has 3 aliphatic carbocycles. The minimum absolute atomic E-state index is 0.0498. The SMILES string of the molecule is CON(C)C(=O)N[C@@H](C(=O)N1CCN(C)[C@H](C)C1)[C@@H](C)c1ccc(NC(=O)[C@@H](NC(=O)c2nonc2C2CC2)C(C2CC2)C2CC2)c(F)c1. The van der Waals surface area contributed by atoms with Gasteiger partial charge in [-0.1, -0.05) is 18.1 Å². The molecule has 49 heavy (non-hydrogen) atoms. The normalized spacial score (nSPS) is 21.5. The lowest BCUT2D eigenvalue weighted by Crippen LogP contribution is -2.59. The second-order valence-corrected chi connectivity index (χ2v) is 14.2. The molecule has 0 spiro atoms. The Hall–Kier alpha value is -4.11. The summed E-state index contributed by atoms with van der Waals surface area (Å²) >= 11 is 0. The van der Waals surface area contributed by atoms with Crippen molar-refractivity contribution in [3.05, 3.63) is 41.0 Å². The van der Waals surface area contributed by atoms with Gasteiger partial charge in [0, 0.05) is 44.6 Å². The minimum Gasteiger partial charge on any atom is -0.338 e. The molecule has 15 heteroatoms. The summed E-state index contributed by atoms with van der Waals surface area (Å²) < 4.78 is 20.7. The fraction of sp³-hybridized carbons (Fsp3) is 0.647. The maximum atomic E-state index is 15.8. The molecule has 0 unspecified atom stereocenters. The van der Waals surface area contributed by atoms with Crippen LogP contribution >= 0.6 is 0 Å². The molecule has 1 aliphatic heterocycles. The van der Waals surface area contributed by atoms with Crippen LogP contribution in [0.5, 0.6) is 0 Å². The Kier molecular flexibility index (Phi) is 10.2. The summed E-state index contributed by atoms with van der Waals surface area (Å²) in [5, 5.41) is 17.2. The number of anilines is 1. The second kappa shape index (κ2) is 14.4. The molecule has 0 radical (unpaired) electrons. The van der Waals surface area contributed by atoms with Gasteiger partial charge in [0.2, 0.25) is 11.8 Å². The van der Waals surface area contributed by atoms with Crippen molar-refractivity contribution in [2.24, 2.45) is 17.8 Å². The lowest BCUT2D eigenvalue weighted by molar-refractivity contribution is -0.136. The molecule has 2 aromatic rings. The third kappa shape index (κ3) is 7.88. The summed E-state index contributed by atoms with van der Waals surface area (Å²) in [4.78, 5) is 62.9. The maximum absolute atomic E-state index is 15.8. The number of hydroxylamine groups is 2. The van der Waals surface area contributed by atoms with Crippen LogP contribution in [0.15, 0.2) is 22.8 Å². The fourth-order valence-electron chi connectivity index (χ4n) is 6.89. The van der Waals surface area contributed by atoms with Crippen molar-refractivity contribution >= 4 is 29.4 Å². The minimum atomic E-state index is -1.01. The van der Waals surface area contributed by atoms with E-state index in [0.29, 0.717) is 42.7 Å². The van der Waals surface area contributed by atoms with Crippen LogP contribution < -0.4 is 16.0 Å². The summed E-state index contributed by atoms with van der Waals surface area (Å²) in [5.74, 6) is -1.97. The van der Waals surface area contributed by atoms with Crippen LogP contribution in [-0.4, -0.2) is 108 Å². The number of amides is 5. The maximum Gasteiger partial charge on any atom is 0.341 e. The highest BCUT2D eigenvalue weighted by Gasteiger charge is 2.49. The van der Waals surface area contributed by atoms with Gasteiger partial charge in [0.15, 0.2) is 5.69 Å². The molecule has 6 rings (SSSR count). The number of piperazine rings is 1. The molecular formula is C34H47FN8O6. The van der Waals surface area contributed by atoms with Crippen molar-refractivity contribution in [2.75, 3.05) is 46.2 Å². The van der Waals surface area contributed by atoms with Gasteiger partial charge in [0.25, 0.3) is 5.91 Å². The Morgan fingerprint density at radius 1 is 1.02 bits per heavy atom. The molecule has 1 aromatic carbocycles. The van der Waals surface area contributed by atoms with Crippen molar-refractivity contribution < 1.29 is 33.0 Å². The number of halogens is 1. The van der Waals surface area contributed by atoms with Gasteiger partial charge in [-0.2, -0.15) is 0 Å². The number of hydrogen-bond acceptors (Lipinski definition) is 9. The van der Waals surface area contributed by atoms with Gasteiger partial charge in [0.05, 0.1) is 12.8 Å².